The number of fused-ring (bicyclic) bond motifs is 9. The fourth-order valence-corrected chi connectivity index (χ4v) is 11.9. The number of para-hydroxylation sites is 1. The number of rotatable bonds is 4. The van der Waals surface area contributed by atoms with Crippen LogP contribution in [0.1, 0.15) is 119 Å². The second kappa shape index (κ2) is 12.3. The van der Waals surface area contributed by atoms with Crippen molar-refractivity contribution in [2.75, 3.05) is 4.90 Å². The SMILES string of the molecule is CC1(C)c2cc(N(C3=CC=C4c5ccccc5C(C)(C)C4C3)c3ccccc3C3CCC=CCC3)ccc2-c2cc3c(cc21)-c1c(Cl)ccc(Cl)c1C3(C)C. The van der Waals surface area contributed by atoms with Crippen molar-refractivity contribution in [1.82, 2.24) is 0 Å². The van der Waals surface area contributed by atoms with E-state index in [4.69, 9.17) is 23.2 Å². The Morgan fingerprint density at radius 3 is 2.07 bits per heavy atom. The van der Waals surface area contributed by atoms with Gasteiger partial charge in [-0.25, -0.2) is 0 Å². The first-order valence-electron chi connectivity index (χ1n) is 20.3. The zero-order chi connectivity index (χ0) is 38.0. The van der Waals surface area contributed by atoms with Crippen molar-refractivity contribution in [3.63, 3.8) is 0 Å². The molecule has 0 amide bonds. The monoisotopic (exact) mass is 757 g/mol. The van der Waals surface area contributed by atoms with Gasteiger partial charge in [0.1, 0.15) is 0 Å². The second-order valence-corrected chi connectivity index (χ2v) is 19.0. The van der Waals surface area contributed by atoms with Crippen molar-refractivity contribution in [3.05, 3.63) is 170 Å². The van der Waals surface area contributed by atoms with Crippen LogP contribution in [0, 0.1) is 5.92 Å². The lowest BCUT2D eigenvalue weighted by Crippen LogP contribution is -2.29. The average molecular weight is 759 g/mol. The molecule has 0 bridgehead atoms. The Balaban J connectivity index is 1.13. The Hall–Kier alpha value is -4.30. The molecule has 5 aromatic carbocycles. The van der Waals surface area contributed by atoms with Crippen LogP contribution in [0.2, 0.25) is 10.0 Å². The van der Waals surface area contributed by atoms with Gasteiger partial charge in [0.15, 0.2) is 0 Å². The van der Waals surface area contributed by atoms with Gasteiger partial charge in [0.25, 0.3) is 0 Å². The van der Waals surface area contributed by atoms with Crippen molar-refractivity contribution in [3.8, 4) is 22.3 Å². The van der Waals surface area contributed by atoms with Crippen LogP contribution in [0.15, 0.2) is 121 Å². The fourth-order valence-electron chi connectivity index (χ4n) is 11.2. The number of anilines is 2. The minimum Gasteiger partial charge on any atom is -0.314 e. The molecule has 3 heteroatoms. The number of benzene rings is 5. The molecule has 0 spiro atoms. The Kier molecular flexibility index (Phi) is 7.89. The van der Waals surface area contributed by atoms with E-state index >= 15 is 0 Å². The Bertz CT molecular complexity index is 2530. The molecule has 276 valence electrons. The van der Waals surface area contributed by atoms with Gasteiger partial charge in [0.2, 0.25) is 0 Å². The number of hydrogen-bond acceptors (Lipinski definition) is 1. The highest BCUT2D eigenvalue weighted by molar-refractivity contribution is 6.36. The predicted octanol–water partition coefficient (Wildman–Crippen LogP) is 15.2. The highest BCUT2D eigenvalue weighted by Crippen LogP contribution is 2.60. The maximum Gasteiger partial charge on any atom is 0.0493 e. The summed E-state index contributed by atoms with van der Waals surface area (Å²) in [6, 6.07) is 34.5. The van der Waals surface area contributed by atoms with E-state index in [9.17, 15) is 0 Å². The zero-order valence-corrected chi connectivity index (χ0v) is 34.4. The molecule has 1 nitrogen and oxygen atoms in total. The zero-order valence-electron chi connectivity index (χ0n) is 32.9. The molecule has 1 unspecified atom stereocenters. The van der Waals surface area contributed by atoms with Gasteiger partial charge in [-0.3, -0.25) is 0 Å². The molecule has 0 heterocycles. The van der Waals surface area contributed by atoms with Gasteiger partial charge in [0.05, 0.1) is 0 Å². The summed E-state index contributed by atoms with van der Waals surface area (Å²) >= 11 is 13.9. The molecule has 0 saturated heterocycles. The van der Waals surface area contributed by atoms with Gasteiger partial charge < -0.3 is 4.90 Å². The standard InChI is InChI=1S/C52H49Cl2N/c1-50(2)40-19-13-11-18-35(40)36-23-21-32(27-41(36)50)55(47-20-14-12-17-34(47)31-15-9-7-8-10-16-31)33-22-24-37-38-29-44-39(30-43(38)51(3,4)42(37)28-33)48-45(53)25-26-46(54)49(48)52(44,5)6/h7-8,11-14,17-26,28-31,41H,9-10,15-16,27H2,1-6H3. The smallest absolute Gasteiger partial charge is 0.0493 e. The van der Waals surface area contributed by atoms with Crippen LogP contribution in [0.3, 0.4) is 0 Å². The molecule has 0 aromatic heterocycles. The van der Waals surface area contributed by atoms with Gasteiger partial charge >= 0.3 is 0 Å². The summed E-state index contributed by atoms with van der Waals surface area (Å²) in [6.45, 7) is 14.3. The molecule has 0 N–H and O–H groups in total. The number of nitrogens with zero attached hydrogens (tertiary/aromatic N) is 1. The van der Waals surface area contributed by atoms with E-state index in [1.807, 2.05) is 12.1 Å². The third-order valence-corrected chi connectivity index (χ3v) is 14.8. The quantitative estimate of drug-likeness (QED) is 0.165. The first-order valence-corrected chi connectivity index (χ1v) is 21.0. The summed E-state index contributed by atoms with van der Waals surface area (Å²) in [7, 11) is 0. The van der Waals surface area contributed by atoms with E-state index in [1.165, 1.54) is 85.6 Å². The molecule has 5 aromatic rings. The molecular formula is C52H49Cl2N. The van der Waals surface area contributed by atoms with Crippen molar-refractivity contribution in [2.45, 2.75) is 95.8 Å². The van der Waals surface area contributed by atoms with Gasteiger partial charge in [-0.1, -0.05) is 132 Å². The normalized spacial score (nSPS) is 20.7. The predicted molar refractivity (Wildman–Crippen MR) is 234 cm³/mol. The third-order valence-electron chi connectivity index (χ3n) is 14.2. The van der Waals surface area contributed by atoms with E-state index in [1.54, 1.807) is 0 Å². The van der Waals surface area contributed by atoms with Crippen molar-refractivity contribution in [1.29, 1.82) is 0 Å². The summed E-state index contributed by atoms with van der Waals surface area (Å²) in [4.78, 5) is 2.64. The van der Waals surface area contributed by atoms with E-state index in [-0.39, 0.29) is 16.2 Å². The molecule has 10 rings (SSSR count). The highest BCUT2D eigenvalue weighted by atomic mass is 35.5. The van der Waals surface area contributed by atoms with Crippen LogP contribution in [-0.4, -0.2) is 0 Å². The molecule has 0 aliphatic heterocycles. The van der Waals surface area contributed by atoms with Crippen LogP contribution < -0.4 is 4.90 Å². The van der Waals surface area contributed by atoms with E-state index in [2.05, 4.69) is 150 Å². The molecular weight excluding hydrogens is 709 g/mol. The van der Waals surface area contributed by atoms with Crippen LogP contribution in [0.25, 0.3) is 27.8 Å². The fraction of sp³-hybridized carbons (Fsp3) is 0.308. The molecule has 0 saturated carbocycles. The summed E-state index contributed by atoms with van der Waals surface area (Å²) in [6.07, 6.45) is 15.3. The van der Waals surface area contributed by atoms with Crippen molar-refractivity contribution >= 4 is 40.1 Å². The lowest BCUT2D eigenvalue weighted by molar-refractivity contribution is 0.406. The Morgan fingerprint density at radius 2 is 1.27 bits per heavy atom. The minimum absolute atomic E-state index is 0.0432. The average Bonchev–Trinajstić information content (AvgIpc) is 3.49. The number of hydrogen-bond donors (Lipinski definition) is 0. The minimum atomic E-state index is -0.254. The lowest BCUT2D eigenvalue weighted by atomic mass is 9.73. The number of allylic oxidation sites excluding steroid dienone is 6. The largest absolute Gasteiger partial charge is 0.314 e. The Morgan fingerprint density at radius 1 is 0.600 bits per heavy atom. The topological polar surface area (TPSA) is 3.24 Å². The van der Waals surface area contributed by atoms with Crippen LogP contribution in [0.4, 0.5) is 11.4 Å². The highest BCUT2D eigenvalue weighted by Gasteiger charge is 2.46. The summed E-state index contributed by atoms with van der Waals surface area (Å²) in [5, 5.41) is 1.56. The molecule has 0 radical (unpaired) electrons. The molecule has 5 aliphatic carbocycles. The first kappa shape index (κ1) is 35.1. The summed E-state index contributed by atoms with van der Waals surface area (Å²) < 4.78 is 0. The van der Waals surface area contributed by atoms with E-state index in [0.29, 0.717) is 11.8 Å². The van der Waals surface area contributed by atoms with Gasteiger partial charge in [-0.15, -0.1) is 0 Å². The van der Waals surface area contributed by atoms with E-state index in [0.717, 1.165) is 40.4 Å². The van der Waals surface area contributed by atoms with Crippen LogP contribution >= 0.6 is 23.2 Å². The van der Waals surface area contributed by atoms with E-state index < -0.39 is 0 Å². The molecule has 5 aliphatic rings. The molecule has 0 fully saturated rings. The lowest BCUT2D eigenvalue weighted by Gasteiger charge is -2.38. The number of halogens is 2. The van der Waals surface area contributed by atoms with Crippen molar-refractivity contribution < 1.29 is 0 Å². The van der Waals surface area contributed by atoms with Gasteiger partial charge in [-0.05, 0) is 159 Å². The van der Waals surface area contributed by atoms with Crippen LogP contribution in [0.5, 0.6) is 0 Å². The van der Waals surface area contributed by atoms with Gasteiger partial charge in [0, 0.05) is 43.5 Å². The van der Waals surface area contributed by atoms with Crippen molar-refractivity contribution in [2.24, 2.45) is 5.92 Å². The van der Waals surface area contributed by atoms with Gasteiger partial charge in [-0.2, -0.15) is 0 Å². The Labute approximate surface area is 337 Å². The summed E-state index contributed by atoms with van der Waals surface area (Å²) in [5.74, 6) is 0.922. The third kappa shape index (κ3) is 5.05. The maximum atomic E-state index is 6.97. The first-order chi connectivity index (χ1) is 26.4. The molecule has 55 heavy (non-hydrogen) atoms. The molecule has 1 atom stereocenters. The second-order valence-electron chi connectivity index (χ2n) is 18.2. The maximum absolute atomic E-state index is 6.97. The summed E-state index contributed by atoms with van der Waals surface area (Å²) in [5.41, 5.74) is 19.5. The van der Waals surface area contributed by atoms with Crippen LogP contribution in [-0.2, 0) is 16.2 Å².